The molecule has 1 aromatic carbocycles. The van der Waals surface area contributed by atoms with Gasteiger partial charge in [-0.15, -0.1) is 11.3 Å². The lowest BCUT2D eigenvalue weighted by Gasteiger charge is -2.31. The molecule has 1 heterocycles. The van der Waals surface area contributed by atoms with Gasteiger partial charge in [-0.25, -0.2) is 4.98 Å². The third kappa shape index (κ3) is 2.98. The Morgan fingerprint density at radius 1 is 1.52 bits per heavy atom. The van der Waals surface area contributed by atoms with Crippen LogP contribution in [0.4, 0.5) is 5.13 Å². The monoisotopic (exact) mass is 330 g/mol. The summed E-state index contributed by atoms with van der Waals surface area (Å²) in [5, 5.41) is 15.3. The van der Waals surface area contributed by atoms with Crippen molar-refractivity contribution in [3.05, 3.63) is 40.9 Å². The Bertz CT molecular complexity index is 712. The van der Waals surface area contributed by atoms with Gasteiger partial charge in [0.15, 0.2) is 5.13 Å². The predicted octanol–water partition coefficient (Wildman–Crippen LogP) is 4.18. The number of carbonyl (C=O) groups excluding carboxylic acids is 1. The van der Waals surface area contributed by atoms with E-state index in [-0.39, 0.29) is 17.6 Å². The summed E-state index contributed by atoms with van der Waals surface area (Å²) in [5.74, 6) is 0.848. The van der Waals surface area contributed by atoms with E-state index >= 15 is 0 Å². The zero-order chi connectivity index (χ0) is 16.6. The van der Waals surface area contributed by atoms with Crippen LogP contribution in [0.2, 0.25) is 0 Å². The lowest BCUT2D eigenvalue weighted by molar-refractivity contribution is -0.125. The summed E-state index contributed by atoms with van der Waals surface area (Å²) in [6.07, 6.45) is 3.30. The zero-order valence-corrected chi connectivity index (χ0v) is 14.5. The Balaban J connectivity index is 1.95. The van der Waals surface area contributed by atoms with Crippen LogP contribution in [0.25, 0.3) is 0 Å². The molecule has 2 atom stereocenters. The number of nitrogens with one attached hydrogen (secondary N) is 1. The molecule has 1 aliphatic rings. The third-order valence-corrected chi connectivity index (χ3v) is 5.40. The van der Waals surface area contributed by atoms with Crippen LogP contribution in [-0.2, 0) is 11.2 Å². The van der Waals surface area contributed by atoms with E-state index in [4.69, 9.17) is 0 Å². The molecule has 1 aliphatic carbocycles. The second-order valence-electron chi connectivity index (χ2n) is 6.95. The number of aromatic nitrogens is 1. The van der Waals surface area contributed by atoms with Crippen LogP contribution in [0.5, 0.6) is 5.75 Å². The number of fused-ring (bicyclic) bond motifs is 1. The molecule has 1 aromatic heterocycles. The Labute approximate surface area is 140 Å². The molecule has 3 rings (SSSR count). The molecule has 0 saturated heterocycles. The molecule has 2 aromatic rings. The van der Waals surface area contributed by atoms with Crippen molar-refractivity contribution in [2.24, 2.45) is 11.3 Å². The number of hydrogen-bond donors (Lipinski definition) is 2. The average molecular weight is 330 g/mol. The molecule has 0 fully saturated rings. The molecule has 0 spiro atoms. The molecule has 5 heteroatoms. The third-order valence-electron chi connectivity index (χ3n) is 4.71. The van der Waals surface area contributed by atoms with Crippen LogP contribution in [0.15, 0.2) is 29.8 Å². The number of carbonyl (C=O) groups is 1. The van der Waals surface area contributed by atoms with E-state index in [1.165, 1.54) is 11.3 Å². The normalized spacial score (nSPS) is 23.0. The standard InChI is InChI=1S/C18H22N2O2S/c1-11(2)8-15-14-9-13(21)5-4-12(14)10-18(15,3)16(22)20-17-19-6-7-23-17/h4-7,9,11,15,21H,8,10H2,1-3H3,(H,19,20,22)/t15-,18-/m1/s1. The molecule has 0 radical (unpaired) electrons. The largest absolute Gasteiger partial charge is 0.508 e. The fraction of sp³-hybridized carbons (Fsp3) is 0.444. The van der Waals surface area contributed by atoms with Crippen LogP contribution >= 0.6 is 11.3 Å². The number of phenols is 1. The summed E-state index contributed by atoms with van der Waals surface area (Å²) in [4.78, 5) is 17.1. The number of aromatic hydroxyl groups is 1. The van der Waals surface area contributed by atoms with E-state index in [0.717, 1.165) is 17.5 Å². The van der Waals surface area contributed by atoms with E-state index < -0.39 is 5.41 Å². The first-order valence-electron chi connectivity index (χ1n) is 7.93. The minimum atomic E-state index is -0.522. The van der Waals surface area contributed by atoms with Crippen molar-refractivity contribution < 1.29 is 9.90 Å². The summed E-state index contributed by atoms with van der Waals surface area (Å²) in [5.41, 5.74) is 1.74. The highest BCUT2D eigenvalue weighted by molar-refractivity contribution is 7.13. The van der Waals surface area contributed by atoms with Crippen molar-refractivity contribution in [1.29, 1.82) is 0 Å². The van der Waals surface area contributed by atoms with E-state index in [1.807, 2.05) is 24.4 Å². The Morgan fingerprint density at radius 3 is 2.96 bits per heavy atom. The summed E-state index contributed by atoms with van der Waals surface area (Å²) < 4.78 is 0. The molecule has 0 bridgehead atoms. The van der Waals surface area contributed by atoms with Gasteiger partial charge in [-0.3, -0.25) is 4.79 Å². The predicted molar refractivity (Wildman–Crippen MR) is 92.9 cm³/mol. The van der Waals surface area contributed by atoms with Crippen molar-refractivity contribution in [2.45, 2.75) is 39.5 Å². The van der Waals surface area contributed by atoms with Crippen LogP contribution in [0, 0.1) is 11.3 Å². The van der Waals surface area contributed by atoms with Gasteiger partial charge >= 0.3 is 0 Å². The molecule has 0 unspecified atom stereocenters. The Hall–Kier alpha value is -1.88. The van der Waals surface area contributed by atoms with Gasteiger partial charge in [0, 0.05) is 11.6 Å². The van der Waals surface area contributed by atoms with Crippen LogP contribution < -0.4 is 5.32 Å². The number of rotatable bonds is 4. The number of anilines is 1. The molecule has 1 amide bonds. The average Bonchev–Trinajstić information content (AvgIpc) is 3.07. The Morgan fingerprint density at radius 2 is 2.30 bits per heavy atom. The highest BCUT2D eigenvalue weighted by Gasteiger charge is 2.48. The smallest absolute Gasteiger partial charge is 0.233 e. The van der Waals surface area contributed by atoms with Crippen molar-refractivity contribution in [2.75, 3.05) is 5.32 Å². The van der Waals surface area contributed by atoms with Crippen LogP contribution in [0.3, 0.4) is 0 Å². The SMILES string of the molecule is CC(C)C[C@@H]1c2cc(O)ccc2C[C@@]1(C)C(=O)Nc1nccs1. The van der Waals surface area contributed by atoms with Gasteiger partial charge in [0.25, 0.3) is 0 Å². The highest BCUT2D eigenvalue weighted by atomic mass is 32.1. The van der Waals surface area contributed by atoms with Crippen LogP contribution in [-0.4, -0.2) is 16.0 Å². The number of nitrogens with zero attached hydrogens (tertiary/aromatic N) is 1. The topological polar surface area (TPSA) is 62.2 Å². The molecule has 4 nitrogen and oxygen atoms in total. The number of benzene rings is 1. The quantitative estimate of drug-likeness (QED) is 0.884. The van der Waals surface area contributed by atoms with Crippen molar-refractivity contribution in [3.63, 3.8) is 0 Å². The molecule has 0 saturated carbocycles. The van der Waals surface area contributed by atoms with Gasteiger partial charge in [-0.05, 0) is 54.9 Å². The minimum absolute atomic E-state index is 0.00814. The van der Waals surface area contributed by atoms with Gasteiger partial charge in [0.1, 0.15) is 5.75 Å². The summed E-state index contributed by atoms with van der Waals surface area (Å²) in [7, 11) is 0. The maximum Gasteiger partial charge on any atom is 0.233 e. The first-order chi connectivity index (χ1) is 10.9. The first-order valence-corrected chi connectivity index (χ1v) is 8.81. The highest BCUT2D eigenvalue weighted by Crippen LogP contribution is 2.51. The van der Waals surface area contributed by atoms with E-state index in [1.54, 1.807) is 12.3 Å². The molecule has 23 heavy (non-hydrogen) atoms. The molecule has 122 valence electrons. The van der Waals surface area contributed by atoms with Crippen LogP contribution in [0.1, 0.15) is 44.2 Å². The summed E-state index contributed by atoms with van der Waals surface area (Å²) in [6.45, 7) is 6.36. The lowest BCUT2D eigenvalue weighted by Crippen LogP contribution is -2.37. The van der Waals surface area contributed by atoms with Crippen molar-refractivity contribution in [1.82, 2.24) is 4.98 Å². The van der Waals surface area contributed by atoms with Gasteiger partial charge in [-0.1, -0.05) is 19.9 Å². The number of hydrogen-bond acceptors (Lipinski definition) is 4. The van der Waals surface area contributed by atoms with E-state index in [2.05, 4.69) is 24.1 Å². The maximum absolute atomic E-state index is 13.0. The van der Waals surface area contributed by atoms with E-state index in [0.29, 0.717) is 17.5 Å². The summed E-state index contributed by atoms with van der Waals surface area (Å²) in [6, 6.07) is 5.47. The fourth-order valence-corrected chi connectivity index (χ4v) is 4.08. The molecular weight excluding hydrogens is 308 g/mol. The summed E-state index contributed by atoms with van der Waals surface area (Å²) >= 11 is 1.43. The maximum atomic E-state index is 13.0. The number of thiazole rings is 1. The Kier molecular flexibility index (Phi) is 4.15. The number of phenolic OH excluding ortho intramolecular Hbond substituents is 1. The van der Waals surface area contributed by atoms with E-state index in [9.17, 15) is 9.90 Å². The second-order valence-corrected chi connectivity index (χ2v) is 7.85. The fourth-order valence-electron chi connectivity index (χ4n) is 3.55. The van der Waals surface area contributed by atoms with Gasteiger partial charge in [-0.2, -0.15) is 0 Å². The van der Waals surface area contributed by atoms with Gasteiger partial charge < -0.3 is 10.4 Å². The molecular formula is C18H22N2O2S. The minimum Gasteiger partial charge on any atom is -0.508 e. The number of amides is 1. The zero-order valence-electron chi connectivity index (χ0n) is 13.7. The molecule has 2 N–H and O–H groups in total. The molecule has 0 aliphatic heterocycles. The van der Waals surface area contributed by atoms with Gasteiger partial charge in [0.05, 0.1) is 5.41 Å². The lowest BCUT2D eigenvalue weighted by atomic mass is 9.73. The van der Waals surface area contributed by atoms with Gasteiger partial charge in [0.2, 0.25) is 5.91 Å². The second kappa shape index (κ2) is 5.96. The first kappa shape index (κ1) is 16.0. The van der Waals surface area contributed by atoms with Crippen molar-refractivity contribution in [3.8, 4) is 5.75 Å². The van der Waals surface area contributed by atoms with Crippen molar-refractivity contribution >= 4 is 22.4 Å².